The molecule has 0 atom stereocenters. The first-order valence-electron chi connectivity index (χ1n) is 8.10. The predicted molar refractivity (Wildman–Crippen MR) is 130 cm³/mol. The van der Waals surface area contributed by atoms with Crippen molar-refractivity contribution >= 4 is 72.8 Å². The number of rotatable bonds is 5. The highest BCUT2D eigenvalue weighted by molar-refractivity contribution is 14.1. The summed E-state index contributed by atoms with van der Waals surface area (Å²) in [5.74, 6) is 0.870. The molecule has 3 aromatic rings. The zero-order chi connectivity index (χ0) is 19.2. The van der Waals surface area contributed by atoms with Crippen LogP contribution in [0.25, 0.3) is 11.6 Å². The number of hydrogen-bond acceptors (Lipinski definition) is 2. The third kappa shape index (κ3) is 5.56. The third-order valence-electron chi connectivity index (χ3n) is 3.83. The van der Waals surface area contributed by atoms with Gasteiger partial charge in [-0.15, -0.1) is 0 Å². The van der Waals surface area contributed by atoms with Crippen LogP contribution in [0.2, 0.25) is 0 Å². The molecule has 0 saturated heterocycles. The summed E-state index contributed by atoms with van der Waals surface area (Å²) in [6.07, 6.45) is 1.91. The third-order valence-corrected chi connectivity index (χ3v) is 5.96. The van der Waals surface area contributed by atoms with E-state index >= 15 is 0 Å². The summed E-state index contributed by atoms with van der Waals surface area (Å²) in [6, 6.07) is 24.2. The zero-order valence-corrected chi connectivity index (χ0v) is 20.0. The summed E-state index contributed by atoms with van der Waals surface area (Å²) in [6.45, 7) is 0.516. The maximum atomic E-state index is 9.51. The van der Waals surface area contributed by atoms with E-state index < -0.39 is 0 Å². The number of allylic oxidation sites excluding steroid dienone is 1. The number of halogens is 3. The van der Waals surface area contributed by atoms with Crippen LogP contribution in [-0.2, 0) is 6.61 Å². The molecular weight excluding hydrogens is 628 g/mol. The van der Waals surface area contributed by atoms with E-state index in [1.54, 1.807) is 0 Å². The SMILES string of the molecule is N#C/C(=C/c1cc(I)c(OCc2ccc(Br)cc2)c(I)c1)c1ccccc1. The van der Waals surface area contributed by atoms with Gasteiger partial charge in [0.25, 0.3) is 0 Å². The number of benzene rings is 3. The first-order valence-corrected chi connectivity index (χ1v) is 11.1. The van der Waals surface area contributed by atoms with Crippen LogP contribution >= 0.6 is 61.1 Å². The van der Waals surface area contributed by atoms with Crippen LogP contribution in [0.15, 0.2) is 71.2 Å². The Balaban J connectivity index is 1.83. The standard InChI is InChI=1S/C22H14BrI2NO/c23-19-8-6-15(7-9-19)14-27-22-20(24)11-16(12-21(22)25)10-18(13-26)17-4-2-1-3-5-17/h1-12H,14H2/b18-10-. The fourth-order valence-electron chi connectivity index (χ4n) is 2.50. The van der Waals surface area contributed by atoms with E-state index in [-0.39, 0.29) is 0 Å². The van der Waals surface area contributed by atoms with Gasteiger partial charge >= 0.3 is 0 Å². The topological polar surface area (TPSA) is 33.0 Å². The molecule has 0 heterocycles. The van der Waals surface area contributed by atoms with Crippen molar-refractivity contribution in [3.05, 3.63) is 95.0 Å². The molecular formula is C22H14BrI2NO. The molecule has 0 bridgehead atoms. The lowest BCUT2D eigenvalue weighted by Crippen LogP contribution is -1.99. The van der Waals surface area contributed by atoms with Crippen molar-refractivity contribution < 1.29 is 4.74 Å². The van der Waals surface area contributed by atoms with Crippen molar-refractivity contribution in [3.8, 4) is 11.8 Å². The Morgan fingerprint density at radius 2 is 1.63 bits per heavy atom. The Morgan fingerprint density at radius 1 is 1.00 bits per heavy atom. The van der Waals surface area contributed by atoms with Crippen LogP contribution < -0.4 is 4.74 Å². The summed E-state index contributed by atoms with van der Waals surface area (Å²) in [5, 5.41) is 9.51. The molecule has 5 heteroatoms. The molecule has 0 aromatic heterocycles. The van der Waals surface area contributed by atoms with Gasteiger partial charge in [-0.1, -0.05) is 58.4 Å². The van der Waals surface area contributed by atoms with Crippen LogP contribution in [0.1, 0.15) is 16.7 Å². The van der Waals surface area contributed by atoms with Crippen LogP contribution in [0.4, 0.5) is 0 Å². The van der Waals surface area contributed by atoms with Crippen LogP contribution in [0.3, 0.4) is 0 Å². The number of nitriles is 1. The number of nitrogens with zero attached hydrogens (tertiary/aromatic N) is 1. The minimum atomic E-state index is 0.516. The molecule has 0 amide bonds. The number of ether oxygens (including phenoxy) is 1. The van der Waals surface area contributed by atoms with Gasteiger partial charge in [-0.2, -0.15) is 5.26 Å². The molecule has 3 aromatic carbocycles. The van der Waals surface area contributed by atoms with E-state index in [2.05, 4.69) is 67.2 Å². The van der Waals surface area contributed by atoms with E-state index in [1.165, 1.54) is 0 Å². The largest absolute Gasteiger partial charge is 0.487 e. The molecule has 2 nitrogen and oxygen atoms in total. The lowest BCUT2D eigenvalue weighted by molar-refractivity contribution is 0.301. The molecule has 0 fully saturated rings. The maximum Gasteiger partial charge on any atom is 0.146 e. The molecule has 0 aliphatic carbocycles. The molecule has 3 rings (SSSR count). The van der Waals surface area contributed by atoms with Crippen molar-refractivity contribution in [1.82, 2.24) is 0 Å². The summed E-state index contributed by atoms with van der Waals surface area (Å²) >= 11 is 8.01. The van der Waals surface area contributed by atoms with Gasteiger partial charge in [0.15, 0.2) is 0 Å². The highest BCUT2D eigenvalue weighted by Crippen LogP contribution is 2.31. The Kier molecular flexibility index (Phi) is 7.33. The quantitative estimate of drug-likeness (QED) is 0.166. The second kappa shape index (κ2) is 9.71. The van der Waals surface area contributed by atoms with Gasteiger partial charge in [0.05, 0.1) is 18.8 Å². The zero-order valence-electron chi connectivity index (χ0n) is 14.1. The van der Waals surface area contributed by atoms with Gasteiger partial charge in [-0.25, -0.2) is 0 Å². The summed E-state index contributed by atoms with van der Waals surface area (Å²) in [5.41, 5.74) is 3.66. The highest BCUT2D eigenvalue weighted by atomic mass is 127. The molecule has 0 saturated carbocycles. The van der Waals surface area contributed by atoms with Crippen molar-refractivity contribution in [1.29, 1.82) is 5.26 Å². The van der Waals surface area contributed by atoms with E-state index in [1.807, 2.05) is 72.8 Å². The Morgan fingerprint density at radius 3 is 2.22 bits per heavy atom. The van der Waals surface area contributed by atoms with E-state index in [4.69, 9.17) is 4.74 Å². The van der Waals surface area contributed by atoms with Gasteiger partial charge in [0, 0.05) is 4.47 Å². The summed E-state index contributed by atoms with van der Waals surface area (Å²) < 4.78 is 9.15. The van der Waals surface area contributed by atoms with E-state index in [0.29, 0.717) is 12.2 Å². The fraction of sp³-hybridized carbons (Fsp3) is 0.0455. The van der Waals surface area contributed by atoms with Gasteiger partial charge in [-0.05, 0) is 92.2 Å². The molecule has 0 radical (unpaired) electrons. The summed E-state index contributed by atoms with van der Waals surface area (Å²) in [7, 11) is 0. The maximum absolute atomic E-state index is 9.51. The minimum Gasteiger partial charge on any atom is -0.487 e. The monoisotopic (exact) mass is 641 g/mol. The second-order valence-corrected chi connectivity index (χ2v) is 9.00. The lowest BCUT2D eigenvalue weighted by Gasteiger charge is -2.12. The van der Waals surface area contributed by atoms with Gasteiger partial charge < -0.3 is 4.74 Å². The van der Waals surface area contributed by atoms with E-state index in [0.717, 1.165) is 34.1 Å². The Bertz CT molecular complexity index is 986. The van der Waals surface area contributed by atoms with Crippen molar-refractivity contribution in [2.75, 3.05) is 0 Å². The van der Waals surface area contributed by atoms with Crippen LogP contribution in [0.5, 0.6) is 5.75 Å². The van der Waals surface area contributed by atoms with Crippen LogP contribution in [0, 0.1) is 18.5 Å². The molecule has 0 aliphatic rings. The minimum absolute atomic E-state index is 0.516. The average molecular weight is 642 g/mol. The second-order valence-electron chi connectivity index (χ2n) is 5.76. The molecule has 27 heavy (non-hydrogen) atoms. The van der Waals surface area contributed by atoms with Gasteiger partial charge in [0.1, 0.15) is 12.4 Å². The molecule has 0 unspecified atom stereocenters. The smallest absolute Gasteiger partial charge is 0.146 e. The first kappa shape index (κ1) is 20.4. The molecule has 0 N–H and O–H groups in total. The Labute approximate surface area is 194 Å². The Hall–Kier alpha value is -1.37. The van der Waals surface area contributed by atoms with Crippen molar-refractivity contribution in [3.63, 3.8) is 0 Å². The molecule has 134 valence electrons. The average Bonchev–Trinajstić information content (AvgIpc) is 2.67. The van der Waals surface area contributed by atoms with E-state index in [9.17, 15) is 5.26 Å². The number of hydrogen-bond donors (Lipinski definition) is 0. The normalized spacial score (nSPS) is 11.1. The fourth-order valence-corrected chi connectivity index (χ4v) is 4.89. The predicted octanol–water partition coefficient (Wildman–Crippen LogP) is 7.30. The van der Waals surface area contributed by atoms with Crippen molar-refractivity contribution in [2.45, 2.75) is 6.61 Å². The highest BCUT2D eigenvalue weighted by Gasteiger charge is 2.10. The van der Waals surface area contributed by atoms with Gasteiger partial charge in [0.2, 0.25) is 0 Å². The molecule has 0 aliphatic heterocycles. The lowest BCUT2D eigenvalue weighted by atomic mass is 10.0. The van der Waals surface area contributed by atoms with Gasteiger partial charge in [-0.3, -0.25) is 0 Å². The summed E-state index contributed by atoms with van der Waals surface area (Å²) in [4.78, 5) is 0. The van der Waals surface area contributed by atoms with Crippen molar-refractivity contribution in [2.24, 2.45) is 0 Å². The van der Waals surface area contributed by atoms with Crippen LogP contribution in [-0.4, -0.2) is 0 Å². The first-order chi connectivity index (χ1) is 13.1. The molecule has 0 spiro atoms.